The van der Waals surface area contributed by atoms with Crippen molar-refractivity contribution in [3.05, 3.63) is 0 Å². The van der Waals surface area contributed by atoms with Crippen LogP contribution in [0.25, 0.3) is 0 Å². The fourth-order valence-electron chi connectivity index (χ4n) is 1.04. The van der Waals surface area contributed by atoms with Gasteiger partial charge in [-0.1, -0.05) is 33.6 Å². The zero-order chi connectivity index (χ0) is 11.7. The molecule has 4 heteroatoms. The van der Waals surface area contributed by atoms with Gasteiger partial charge in [0, 0.05) is 6.54 Å². The van der Waals surface area contributed by atoms with Crippen LogP contribution in [0.4, 0.5) is 0 Å². The Morgan fingerprint density at radius 3 is 2.60 bits per heavy atom. The molecule has 0 heterocycles. The Kier molecular flexibility index (Phi) is 8.91. The standard InChI is InChI=1S/C11H24N2OS/c1-4-5-6-7-15-10(12)11(14)13-8-9(2)3/h9-10H,4-8,12H2,1-3H3,(H,13,14). The van der Waals surface area contributed by atoms with Crippen molar-refractivity contribution < 1.29 is 4.79 Å². The predicted molar refractivity (Wildman–Crippen MR) is 67.8 cm³/mol. The molecule has 15 heavy (non-hydrogen) atoms. The Hall–Kier alpha value is -0.220. The lowest BCUT2D eigenvalue weighted by Crippen LogP contribution is -2.40. The van der Waals surface area contributed by atoms with Crippen LogP contribution in [0.1, 0.15) is 40.0 Å². The lowest BCUT2D eigenvalue weighted by Gasteiger charge is -2.13. The third kappa shape index (κ3) is 8.75. The number of hydrogen-bond acceptors (Lipinski definition) is 3. The van der Waals surface area contributed by atoms with E-state index in [1.807, 2.05) is 0 Å². The molecule has 0 saturated carbocycles. The van der Waals surface area contributed by atoms with Gasteiger partial charge in [0.25, 0.3) is 0 Å². The summed E-state index contributed by atoms with van der Waals surface area (Å²) in [6.07, 6.45) is 3.56. The molecule has 0 fully saturated rings. The van der Waals surface area contributed by atoms with Crippen LogP contribution >= 0.6 is 11.8 Å². The molecule has 0 aliphatic heterocycles. The van der Waals surface area contributed by atoms with Crippen LogP contribution in [0, 0.1) is 5.92 Å². The third-order valence-corrected chi connectivity index (χ3v) is 3.09. The van der Waals surface area contributed by atoms with Crippen LogP contribution in [0.15, 0.2) is 0 Å². The minimum atomic E-state index is -0.402. The maximum absolute atomic E-state index is 11.5. The van der Waals surface area contributed by atoms with Crippen LogP contribution in [-0.2, 0) is 4.79 Å². The maximum atomic E-state index is 11.5. The molecule has 0 aromatic heterocycles. The fraction of sp³-hybridized carbons (Fsp3) is 0.909. The van der Waals surface area contributed by atoms with E-state index >= 15 is 0 Å². The Labute approximate surface area is 97.6 Å². The molecule has 3 nitrogen and oxygen atoms in total. The highest BCUT2D eigenvalue weighted by molar-refractivity contribution is 8.00. The molecule has 0 saturated heterocycles. The minimum absolute atomic E-state index is 0.0369. The number of nitrogens with one attached hydrogen (secondary N) is 1. The van der Waals surface area contributed by atoms with Gasteiger partial charge in [-0.15, -0.1) is 11.8 Å². The first-order chi connectivity index (χ1) is 7.07. The highest BCUT2D eigenvalue weighted by Gasteiger charge is 2.12. The molecule has 1 unspecified atom stereocenters. The average Bonchev–Trinajstić information content (AvgIpc) is 2.20. The number of rotatable bonds is 8. The molecule has 90 valence electrons. The average molecular weight is 232 g/mol. The van der Waals surface area contributed by atoms with Crippen LogP contribution in [0.2, 0.25) is 0 Å². The van der Waals surface area contributed by atoms with Gasteiger partial charge in [0.1, 0.15) is 5.37 Å². The van der Waals surface area contributed by atoms with Crippen molar-refractivity contribution in [1.29, 1.82) is 0 Å². The number of amides is 1. The molecule has 0 aliphatic carbocycles. The number of hydrogen-bond donors (Lipinski definition) is 2. The lowest BCUT2D eigenvalue weighted by molar-refractivity contribution is -0.120. The zero-order valence-corrected chi connectivity index (χ0v) is 10.9. The van der Waals surface area contributed by atoms with Gasteiger partial charge in [-0.3, -0.25) is 4.79 Å². The summed E-state index contributed by atoms with van der Waals surface area (Å²) in [5.74, 6) is 1.42. The number of nitrogens with two attached hydrogens (primary N) is 1. The maximum Gasteiger partial charge on any atom is 0.247 e. The van der Waals surface area contributed by atoms with E-state index in [2.05, 4.69) is 26.1 Å². The van der Waals surface area contributed by atoms with Gasteiger partial charge in [-0.25, -0.2) is 0 Å². The van der Waals surface area contributed by atoms with Crippen molar-refractivity contribution in [1.82, 2.24) is 5.32 Å². The van der Waals surface area contributed by atoms with E-state index in [4.69, 9.17) is 5.73 Å². The first-order valence-corrected chi connectivity index (χ1v) is 6.77. The molecule has 0 rings (SSSR count). The number of thioether (sulfide) groups is 1. The first-order valence-electron chi connectivity index (χ1n) is 5.72. The van der Waals surface area contributed by atoms with E-state index in [1.165, 1.54) is 12.8 Å². The fourth-order valence-corrected chi connectivity index (χ4v) is 1.90. The van der Waals surface area contributed by atoms with Gasteiger partial charge >= 0.3 is 0 Å². The summed E-state index contributed by atoms with van der Waals surface area (Å²) in [4.78, 5) is 11.5. The van der Waals surface area contributed by atoms with E-state index in [0.29, 0.717) is 12.5 Å². The highest BCUT2D eigenvalue weighted by atomic mass is 32.2. The SMILES string of the molecule is CCCCCSC(N)C(=O)NCC(C)C. The monoisotopic (exact) mass is 232 g/mol. The second kappa shape index (κ2) is 9.04. The number of carbonyl (C=O) groups is 1. The zero-order valence-electron chi connectivity index (χ0n) is 10.1. The Morgan fingerprint density at radius 2 is 2.07 bits per heavy atom. The van der Waals surface area contributed by atoms with Crippen molar-refractivity contribution in [3.63, 3.8) is 0 Å². The first kappa shape index (κ1) is 14.8. The van der Waals surface area contributed by atoms with Gasteiger partial charge in [0.2, 0.25) is 5.91 Å². The molecule has 0 aromatic rings. The summed E-state index contributed by atoms with van der Waals surface area (Å²) in [7, 11) is 0. The van der Waals surface area contributed by atoms with Crippen molar-refractivity contribution in [2.45, 2.75) is 45.4 Å². The van der Waals surface area contributed by atoms with Crippen LogP contribution < -0.4 is 11.1 Å². The summed E-state index contributed by atoms with van der Waals surface area (Å²) in [5.41, 5.74) is 5.74. The van der Waals surface area contributed by atoms with Crippen LogP contribution in [0.3, 0.4) is 0 Å². The normalized spacial score (nSPS) is 12.9. The number of unbranched alkanes of at least 4 members (excludes halogenated alkanes) is 2. The molecule has 0 radical (unpaired) electrons. The summed E-state index contributed by atoms with van der Waals surface area (Å²) in [6.45, 7) is 7.02. The van der Waals surface area contributed by atoms with Gasteiger partial charge in [0.15, 0.2) is 0 Å². The molecule has 0 bridgehead atoms. The molecular weight excluding hydrogens is 208 g/mol. The van der Waals surface area contributed by atoms with Gasteiger partial charge in [-0.2, -0.15) is 0 Å². The minimum Gasteiger partial charge on any atom is -0.354 e. The molecule has 0 aromatic carbocycles. The summed E-state index contributed by atoms with van der Waals surface area (Å²) in [5, 5.41) is 2.44. The Balaban J connectivity index is 3.51. The van der Waals surface area contributed by atoms with E-state index in [9.17, 15) is 4.79 Å². The molecule has 0 spiro atoms. The lowest BCUT2D eigenvalue weighted by atomic mass is 10.2. The van der Waals surface area contributed by atoms with Crippen molar-refractivity contribution in [3.8, 4) is 0 Å². The highest BCUT2D eigenvalue weighted by Crippen LogP contribution is 2.09. The molecular formula is C11H24N2OS. The van der Waals surface area contributed by atoms with E-state index in [0.717, 1.165) is 12.2 Å². The molecule has 1 amide bonds. The van der Waals surface area contributed by atoms with E-state index < -0.39 is 5.37 Å². The summed E-state index contributed by atoms with van der Waals surface area (Å²) in [6, 6.07) is 0. The largest absolute Gasteiger partial charge is 0.354 e. The Bertz CT molecular complexity index is 174. The van der Waals surface area contributed by atoms with Crippen molar-refractivity contribution in [2.24, 2.45) is 11.7 Å². The van der Waals surface area contributed by atoms with E-state index in [-0.39, 0.29) is 5.91 Å². The van der Waals surface area contributed by atoms with Crippen molar-refractivity contribution >= 4 is 17.7 Å². The second-order valence-electron chi connectivity index (χ2n) is 4.14. The van der Waals surface area contributed by atoms with E-state index in [1.54, 1.807) is 11.8 Å². The molecule has 0 aliphatic rings. The summed E-state index contributed by atoms with van der Waals surface area (Å²) >= 11 is 1.54. The summed E-state index contributed by atoms with van der Waals surface area (Å²) < 4.78 is 0. The van der Waals surface area contributed by atoms with Crippen LogP contribution in [0.5, 0.6) is 0 Å². The number of carbonyl (C=O) groups excluding carboxylic acids is 1. The topological polar surface area (TPSA) is 55.1 Å². The van der Waals surface area contributed by atoms with Gasteiger partial charge in [-0.05, 0) is 18.1 Å². The molecule has 1 atom stereocenters. The van der Waals surface area contributed by atoms with Crippen molar-refractivity contribution in [2.75, 3.05) is 12.3 Å². The van der Waals surface area contributed by atoms with Gasteiger partial charge in [0.05, 0.1) is 0 Å². The smallest absolute Gasteiger partial charge is 0.247 e. The van der Waals surface area contributed by atoms with Crippen LogP contribution in [-0.4, -0.2) is 23.6 Å². The predicted octanol–water partition coefficient (Wildman–Crippen LogP) is 1.97. The second-order valence-corrected chi connectivity index (χ2v) is 5.39. The Morgan fingerprint density at radius 1 is 1.40 bits per heavy atom. The third-order valence-electron chi connectivity index (χ3n) is 1.99. The quantitative estimate of drug-likeness (QED) is 0.497. The van der Waals surface area contributed by atoms with Gasteiger partial charge < -0.3 is 11.1 Å². The molecule has 3 N–H and O–H groups in total.